The molecule has 0 saturated heterocycles. The number of quaternary nitrogens is 1. The summed E-state index contributed by atoms with van der Waals surface area (Å²) < 4.78 is 0.466. The van der Waals surface area contributed by atoms with E-state index in [4.69, 9.17) is 0 Å². The molecule has 0 aliphatic heterocycles. The highest BCUT2D eigenvalue weighted by atomic mass is 16.4. The van der Waals surface area contributed by atoms with Crippen molar-refractivity contribution in [1.82, 2.24) is 5.32 Å². The lowest BCUT2D eigenvalue weighted by Crippen LogP contribution is -2.52. The number of carbonyl (C=O) groups excluding carboxylic acids is 2. The van der Waals surface area contributed by atoms with E-state index in [0.29, 0.717) is 10.9 Å². The van der Waals surface area contributed by atoms with E-state index in [1.54, 1.807) is 0 Å². The van der Waals surface area contributed by atoms with Crippen molar-refractivity contribution >= 4 is 11.9 Å². The Morgan fingerprint density at radius 1 is 1.25 bits per heavy atom. The Labute approximate surface area is 97.0 Å². The first kappa shape index (κ1) is 14.9. The van der Waals surface area contributed by atoms with E-state index < -0.39 is 12.0 Å². The first-order chi connectivity index (χ1) is 7.11. The van der Waals surface area contributed by atoms with Gasteiger partial charge >= 0.3 is 0 Å². The molecule has 0 aromatic rings. The summed E-state index contributed by atoms with van der Waals surface area (Å²) in [4.78, 5) is 22.3. The van der Waals surface area contributed by atoms with Crippen LogP contribution < -0.4 is 10.4 Å². The molecule has 0 rings (SSSR count). The second-order valence-electron chi connectivity index (χ2n) is 5.52. The number of carboxylic acids is 1. The first-order valence-electron chi connectivity index (χ1n) is 5.42. The number of carbonyl (C=O) groups is 2. The topological polar surface area (TPSA) is 69.2 Å². The molecule has 1 atom stereocenters. The van der Waals surface area contributed by atoms with Crippen molar-refractivity contribution in [3.63, 3.8) is 0 Å². The van der Waals surface area contributed by atoms with Crippen LogP contribution in [0.4, 0.5) is 0 Å². The molecule has 0 radical (unpaired) electrons. The molecule has 0 aliphatic rings. The molecule has 0 aromatic heterocycles. The fourth-order valence-corrected chi connectivity index (χ4v) is 1.36. The second-order valence-corrected chi connectivity index (χ2v) is 5.52. The van der Waals surface area contributed by atoms with Crippen molar-refractivity contribution in [2.24, 2.45) is 5.92 Å². The molecule has 1 N–H and O–H groups in total. The van der Waals surface area contributed by atoms with Gasteiger partial charge in [0.25, 0.3) is 5.91 Å². The van der Waals surface area contributed by atoms with E-state index in [1.807, 2.05) is 35.0 Å². The zero-order valence-corrected chi connectivity index (χ0v) is 10.7. The molecule has 0 aliphatic carbocycles. The van der Waals surface area contributed by atoms with Gasteiger partial charge < -0.3 is 19.7 Å². The van der Waals surface area contributed by atoms with Crippen molar-refractivity contribution in [2.45, 2.75) is 26.3 Å². The van der Waals surface area contributed by atoms with Crippen molar-refractivity contribution < 1.29 is 19.2 Å². The standard InChI is InChI=1S/C11H22N2O3/c1-8(2)6-9(11(15)16)12-10(14)7-13(3,4)5/h8-9H,6-7H2,1-5H3,(H-,12,14,15,16)/t9-/m0/s1. The maximum absolute atomic E-state index is 11.5. The third-order valence-electron chi connectivity index (χ3n) is 1.94. The molecule has 0 saturated carbocycles. The largest absolute Gasteiger partial charge is 0.548 e. The van der Waals surface area contributed by atoms with Gasteiger partial charge in [-0.05, 0) is 12.3 Å². The summed E-state index contributed by atoms with van der Waals surface area (Å²) in [6.07, 6.45) is 0.394. The number of carboxylic acid groups (broad SMARTS) is 1. The number of likely N-dealkylation sites (N-methyl/N-ethyl adjacent to an activating group) is 1. The van der Waals surface area contributed by atoms with Crippen molar-refractivity contribution in [2.75, 3.05) is 27.7 Å². The van der Waals surface area contributed by atoms with E-state index in [0.717, 1.165) is 0 Å². The summed E-state index contributed by atoms with van der Waals surface area (Å²) in [6, 6.07) is -0.890. The number of nitrogens with zero attached hydrogens (tertiary/aromatic N) is 1. The SMILES string of the molecule is CC(C)C[C@H](NC(=O)C[N+](C)(C)C)C(=O)[O-]. The van der Waals surface area contributed by atoms with Gasteiger partial charge in [0.15, 0.2) is 6.54 Å². The number of nitrogens with one attached hydrogen (secondary N) is 1. The Morgan fingerprint density at radius 2 is 1.75 bits per heavy atom. The highest BCUT2D eigenvalue weighted by Gasteiger charge is 2.19. The summed E-state index contributed by atoms with van der Waals surface area (Å²) in [5.41, 5.74) is 0. The van der Waals surface area contributed by atoms with Crippen molar-refractivity contribution in [3.05, 3.63) is 0 Å². The van der Waals surface area contributed by atoms with Gasteiger partial charge in [0.1, 0.15) is 0 Å². The molecule has 0 unspecified atom stereocenters. The maximum Gasteiger partial charge on any atom is 0.275 e. The van der Waals surface area contributed by atoms with E-state index in [9.17, 15) is 14.7 Å². The normalized spacial score (nSPS) is 13.6. The molecule has 0 aromatic carbocycles. The summed E-state index contributed by atoms with van der Waals surface area (Å²) in [5.74, 6) is -1.28. The average Bonchev–Trinajstić information content (AvgIpc) is 1.97. The molecule has 16 heavy (non-hydrogen) atoms. The van der Waals surface area contributed by atoms with E-state index >= 15 is 0 Å². The number of hydrogen-bond acceptors (Lipinski definition) is 3. The molecule has 0 fully saturated rings. The number of aliphatic carboxylic acids is 1. The maximum atomic E-state index is 11.5. The molecular formula is C11H22N2O3. The Kier molecular flexibility index (Phi) is 5.44. The minimum Gasteiger partial charge on any atom is -0.548 e. The zero-order chi connectivity index (χ0) is 12.9. The van der Waals surface area contributed by atoms with Crippen LogP contribution in [0.15, 0.2) is 0 Å². The van der Waals surface area contributed by atoms with Crippen LogP contribution in [-0.2, 0) is 9.59 Å². The van der Waals surface area contributed by atoms with Gasteiger partial charge in [0.05, 0.1) is 33.2 Å². The third kappa shape index (κ3) is 7.23. The lowest BCUT2D eigenvalue weighted by Gasteiger charge is -2.26. The van der Waals surface area contributed by atoms with E-state index in [1.165, 1.54) is 0 Å². The number of hydrogen-bond donors (Lipinski definition) is 1. The smallest absolute Gasteiger partial charge is 0.275 e. The first-order valence-corrected chi connectivity index (χ1v) is 5.42. The molecule has 0 bridgehead atoms. The number of rotatable bonds is 6. The Balaban J connectivity index is 4.30. The Morgan fingerprint density at radius 3 is 2.06 bits per heavy atom. The highest BCUT2D eigenvalue weighted by molar-refractivity contribution is 5.83. The van der Waals surface area contributed by atoms with Crippen LogP contribution in [0.5, 0.6) is 0 Å². The predicted octanol–water partition coefficient (Wildman–Crippen LogP) is -1.03. The Bertz CT molecular complexity index is 256. The van der Waals surface area contributed by atoms with Gasteiger partial charge in [0.2, 0.25) is 0 Å². The fraction of sp³-hybridized carbons (Fsp3) is 0.818. The summed E-state index contributed by atoms with van der Waals surface area (Å²) in [5, 5.41) is 13.3. The van der Waals surface area contributed by atoms with Gasteiger partial charge in [-0.15, -0.1) is 0 Å². The van der Waals surface area contributed by atoms with Crippen LogP contribution in [0.2, 0.25) is 0 Å². The minimum absolute atomic E-state index is 0.201. The fourth-order valence-electron chi connectivity index (χ4n) is 1.36. The molecule has 1 amide bonds. The average molecular weight is 230 g/mol. The minimum atomic E-state index is -1.22. The van der Waals surface area contributed by atoms with Crippen LogP contribution >= 0.6 is 0 Å². The summed E-state index contributed by atoms with van der Waals surface area (Å²) in [7, 11) is 5.61. The molecule has 0 spiro atoms. The lowest BCUT2D eigenvalue weighted by atomic mass is 10.0. The third-order valence-corrected chi connectivity index (χ3v) is 1.94. The van der Waals surface area contributed by atoms with Crippen LogP contribution in [0, 0.1) is 5.92 Å². The predicted molar refractivity (Wildman–Crippen MR) is 59.3 cm³/mol. The van der Waals surface area contributed by atoms with E-state index in [2.05, 4.69) is 5.32 Å². The van der Waals surface area contributed by atoms with Crippen LogP contribution in [-0.4, -0.2) is 50.1 Å². The molecule has 5 heteroatoms. The quantitative estimate of drug-likeness (QED) is 0.593. The van der Waals surface area contributed by atoms with E-state index in [-0.39, 0.29) is 18.4 Å². The van der Waals surface area contributed by atoms with Gasteiger partial charge in [-0.3, -0.25) is 4.79 Å². The highest BCUT2D eigenvalue weighted by Crippen LogP contribution is 2.04. The number of amides is 1. The van der Waals surface area contributed by atoms with Gasteiger partial charge in [0, 0.05) is 0 Å². The summed E-state index contributed by atoms with van der Waals surface area (Å²) in [6.45, 7) is 4.06. The van der Waals surface area contributed by atoms with Crippen LogP contribution in [0.1, 0.15) is 20.3 Å². The van der Waals surface area contributed by atoms with Crippen molar-refractivity contribution in [1.29, 1.82) is 0 Å². The Hall–Kier alpha value is -1.10. The molecule has 5 nitrogen and oxygen atoms in total. The molecule has 0 heterocycles. The lowest BCUT2D eigenvalue weighted by molar-refractivity contribution is -0.862. The van der Waals surface area contributed by atoms with Gasteiger partial charge in [-0.2, -0.15) is 0 Å². The molecular weight excluding hydrogens is 208 g/mol. The van der Waals surface area contributed by atoms with Gasteiger partial charge in [-0.25, -0.2) is 0 Å². The molecule has 94 valence electrons. The van der Waals surface area contributed by atoms with Gasteiger partial charge in [-0.1, -0.05) is 13.8 Å². The van der Waals surface area contributed by atoms with Crippen LogP contribution in [0.3, 0.4) is 0 Å². The zero-order valence-electron chi connectivity index (χ0n) is 10.7. The monoisotopic (exact) mass is 230 g/mol. The van der Waals surface area contributed by atoms with Crippen molar-refractivity contribution in [3.8, 4) is 0 Å². The van der Waals surface area contributed by atoms with Crippen LogP contribution in [0.25, 0.3) is 0 Å². The second kappa shape index (κ2) is 5.84. The summed E-state index contributed by atoms with van der Waals surface area (Å²) >= 11 is 0.